The summed E-state index contributed by atoms with van der Waals surface area (Å²) in [5, 5.41) is 6.53. The molecule has 1 fully saturated rings. The first-order valence-corrected chi connectivity index (χ1v) is 11.3. The second kappa shape index (κ2) is 8.37. The molecule has 3 aliphatic rings. The third kappa shape index (κ3) is 4.17. The standard InChI is InChI=1S/C23H25ClF2N6O/c1-14-20-19(28-12-23(25,26)13-33-20)16-10-15(6-7-18(16)31(14)2)29-21-17(24)11-27-22(30-21)32-8-4-3-5-9-32/h6-7,10-11,28H,1,3-5,8-9,12-13H2,2H3,(H,27,29,30). The number of aromatic nitrogens is 2. The van der Waals surface area contributed by atoms with Gasteiger partial charge in [-0.15, -0.1) is 0 Å². The van der Waals surface area contributed by atoms with Gasteiger partial charge in [-0.1, -0.05) is 18.2 Å². The van der Waals surface area contributed by atoms with Gasteiger partial charge in [0.2, 0.25) is 5.95 Å². The molecular weight excluding hydrogens is 450 g/mol. The molecule has 0 saturated carbocycles. The van der Waals surface area contributed by atoms with Crippen molar-refractivity contribution >= 4 is 40.4 Å². The van der Waals surface area contributed by atoms with Crippen LogP contribution in [0.1, 0.15) is 24.8 Å². The number of nitrogens with one attached hydrogen (secondary N) is 2. The van der Waals surface area contributed by atoms with E-state index in [9.17, 15) is 8.78 Å². The van der Waals surface area contributed by atoms with Gasteiger partial charge in [-0.2, -0.15) is 4.98 Å². The number of benzene rings is 1. The minimum absolute atomic E-state index is 0.326. The molecule has 0 amide bonds. The topological polar surface area (TPSA) is 65.5 Å². The van der Waals surface area contributed by atoms with Gasteiger partial charge in [0.05, 0.1) is 29.8 Å². The Morgan fingerprint density at radius 1 is 1.24 bits per heavy atom. The third-order valence-electron chi connectivity index (χ3n) is 6.11. The number of anilines is 4. The lowest BCUT2D eigenvalue weighted by molar-refractivity contribution is -0.0488. The van der Waals surface area contributed by atoms with Crippen LogP contribution in [0.15, 0.2) is 42.4 Å². The number of rotatable bonds is 3. The molecule has 2 N–H and O–H groups in total. The summed E-state index contributed by atoms with van der Waals surface area (Å²) in [6.07, 6.45) is 5.04. The van der Waals surface area contributed by atoms with Crippen molar-refractivity contribution in [2.45, 2.75) is 25.2 Å². The van der Waals surface area contributed by atoms with Crippen LogP contribution in [0.4, 0.5) is 31.9 Å². The average Bonchev–Trinajstić information content (AvgIpc) is 2.98. The minimum atomic E-state index is -2.98. The molecule has 0 unspecified atom stereocenters. The van der Waals surface area contributed by atoms with Gasteiger partial charge in [-0.05, 0) is 37.5 Å². The highest BCUT2D eigenvalue weighted by molar-refractivity contribution is 6.32. The molecule has 33 heavy (non-hydrogen) atoms. The fraction of sp³-hybridized carbons (Fsp3) is 0.391. The summed E-state index contributed by atoms with van der Waals surface area (Å²) in [4.78, 5) is 13.0. The van der Waals surface area contributed by atoms with Crippen LogP contribution in [0.2, 0.25) is 5.02 Å². The zero-order valence-electron chi connectivity index (χ0n) is 18.3. The molecular formula is C23H25ClF2N6O. The van der Waals surface area contributed by atoms with Crippen LogP contribution in [-0.2, 0) is 4.74 Å². The quantitative estimate of drug-likeness (QED) is 0.665. The van der Waals surface area contributed by atoms with Gasteiger partial charge in [0.25, 0.3) is 5.92 Å². The van der Waals surface area contributed by atoms with E-state index < -0.39 is 19.1 Å². The number of piperidine rings is 1. The Morgan fingerprint density at radius 3 is 2.82 bits per heavy atom. The molecule has 1 aromatic carbocycles. The molecule has 174 valence electrons. The van der Waals surface area contributed by atoms with Gasteiger partial charge < -0.3 is 25.2 Å². The van der Waals surface area contributed by atoms with Crippen molar-refractivity contribution in [2.24, 2.45) is 0 Å². The van der Waals surface area contributed by atoms with E-state index in [0.717, 1.165) is 37.2 Å². The normalized spacial score (nSPS) is 19.8. The first-order chi connectivity index (χ1) is 15.8. The largest absolute Gasteiger partial charge is 0.483 e. The van der Waals surface area contributed by atoms with E-state index in [1.807, 2.05) is 30.1 Å². The summed E-state index contributed by atoms with van der Waals surface area (Å²) >= 11 is 6.38. The predicted molar refractivity (Wildman–Crippen MR) is 126 cm³/mol. The van der Waals surface area contributed by atoms with Crippen molar-refractivity contribution in [1.29, 1.82) is 0 Å². The number of hydrogen-bond acceptors (Lipinski definition) is 7. The maximum Gasteiger partial charge on any atom is 0.298 e. The van der Waals surface area contributed by atoms with Crippen molar-refractivity contribution in [3.8, 4) is 0 Å². The predicted octanol–water partition coefficient (Wildman–Crippen LogP) is 4.75. The summed E-state index contributed by atoms with van der Waals surface area (Å²) in [6, 6.07) is 5.66. The van der Waals surface area contributed by atoms with Crippen molar-refractivity contribution in [1.82, 2.24) is 15.3 Å². The van der Waals surface area contributed by atoms with E-state index in [-0.39, 0.29) is 0 Å². The van der Waals surface area contributed by atoms with Gasteiger partial charge in [-0.3, -0.25) is 0 Å². The Morgan fingerprint density at radius 2 is 2.03 bits per heavy atom. The van der Waals surface area contributed by atoms with Crippen LogP contribution in [0.3, 0.4) is 0 Å². The SMILES string of the molecule is C=C1C2=C(NCC(F)(F)CO2)c2cc(Nc3nc(N4CCCCC4)ncc3Cl)ccc2N1C. The first-order valence-electron chi connectivity index (χ1n) is 10.9. The summed E-state index contributed by atoms with van der Waals surface area (Å²) in [5.74, 6) is -1.52. The lowest BCUT2D eigenvalue weighted by Crippen LogP contribution is -2.33. The van der Waals surface area contributed by atoms with Crippen LogP contribution < -0.4 is 20.4 Å². The Kier molecular flexibility index (Phi) is 5.52. The minimum Gasteiger partial charge on any atom is -0.483 e. The lowest BCUT2D eigenvalue weighted by Gasteiger charge is -2.32. The zero-order valence-corrected chi connectivity index (χ0v) is 19.1. The van der Waals surface area contributed by atoms with Crippen LogP contribution in [0.5, 0.6) is 0 Å². The fourth-order valence-corrected chi connectivity index (χ4v) is 4.42. The average molecular weight is 475 g/mol. The summed E-state index contributed by atoms with van der Waals surface area (Å²) in [5.41, 5.74) is 3.28. The Hall–Kier alpha value is -3.07. The number of nitrogens with zero attached hydrogens (tertiary/aromatic N) is 4. The highest BCUT2D eigenvalue weighted by atomic mass is 35.5. The molecule has 0 aliphatic carbocycles. The molecule has 4 heterocycles. The summed E-state index contributed by atoms with van der Waals surface area (Å²) in [7, 11) is 1.83. The molecule has 0 atom stereocenters. The molecule has 1 saturated heterocycles. The smallest absolute Gasteiger partial charge is 0.298 e. The first kappa shape index (κ1) is 21.8. The van der Waals surface area contributed by atoms with Gasteiger partial charge in [0.15, 0.2) is 18.2 Å². The van der Waals surface area contributed by atoms with Crippen LogP contribution >= 0.6 is 11.6 Å². The monoisotopic (exact) mass is 474 g/mol. The van der Waals surface area contributed by atoms with Crippen LogP contribution in [-0.4, -0.2) is 49.2 Å². The zero-order chi connectivity index (χ0) is 23.2. The third-order valence-corrected chi connectivity index (χ3v) is 6.38. The number of hydrogen-bond donors (Lipinski definition) is 2. The molecule has 7 nitrogen and oxygen atoms in total. The molecule has 2 aromatic rings. The number of likely N-dealkylation sites (N-methyl/N-ethyl adjacent to an activating group) is 1. The number of ether oxygens (including phenoxy) is 1. The van der Waals surface area contributed by atoms with E-state index in [4.69, 9.17) is 16.3 Å². The fourth-order valence-electron chi connectivity index (χ4n) is 4.28. The van der Waals surface area contributed by atoms with E-state index in [2.05, 4.69) is 32.1 Å². The molecule has 0 spiro atoms. The molecule has 0 radical (unpaired) electrons. The van der Waals surface area contributed by atoms with Crippen molar-refractivity contribution < 1.29 is 13.5 Å². The molecule has 10 heteroatoms. The highest BCUT2D eigenvalue weighted by Crippen LogP contribution is 2.41. The maximum absolute atomic E-state index is 14.0. The summed E-state index contributed by atoms with van der Waals surface area (Å²) in [6.45, 7) is 4.65. The number of fused-ring (bicyclic) bond motifs is 2. The van der Waals surface area contributed by atoms with Gasteiger partial charge >= 0.3 is 0 Å². The van der Waals surface area contributed by atoms with Gasteiger partial charge in [0, 0.05) is 31.4 Å². The Balaban J connectivity index is 1.48. The van der Waals surface area contributed by atoms with E-state index in [1.54, 1.807) is 6.20 Å². The Labute approximate surface area is 196 Å². The van der Waals surface area contributed by atoms with E-state index >= 15 is 0 Å². The molecule has 0 bridgehead atoms. The summed E-state index contributed by atoms with van der Waals surface area (Å²) < 4.78 is 33.5. The van der Waals surface area contributed by atoms with Crippen LogP contribution in [0, 0.1) is 0 Å². The number of alkyl halides is 2. The molecule has 5 rings (SSSR count). The van der Waals surface area contributed by atoms with Crippen molar-refractivity contribution in [3.05, 3.63) is 53.0 Å². The van der Waals surface area contributed by atoms with Crippen molar-refractivity contribution in [2.75, 3.05) is 48.4 Å². The van der Waals surface area contributed by atoms with Gasteiger partial charge in [-0.25, -0.2) is 13.8 Å². The highest BCUT2D eigenvalue weighted by Gasteiger charge is 2.38. The van der Waals surface area contributed by atoms with E-state index in [1.165, 1.54) is 6.42 Å². The maximum atomic E-state index is 14.0. The second-order valence-electron chi connectivity index (χ2n) is 8.48. The molecule has 3 aliphatic heterocycles. The van der Waals surface area contributed by atoms with Crippen LogP contribution in [0.25, 0.3) is 5.70 Å². The van der Waals surface area contributed by atoms with E-state index in [0.29, 0.717) is 39.6 Å². The molecule has 1 aromatic heterocycles. The lowest BCUT2D eigenvalue weighted by atomic mass is 10.0. The second-order valence-corrected chi connectivity index (χ2v) is 8.89. The van der Waals surface area contributed by atoms with Gasteiger partial charge in [0.1, 0.15) is 5.02 Å². The Bertz CT molecular complexity index is 1130. The number of halogens is 3. The van der Waals surface area contributed by atoms with Crippen molar-refractivity contribution in [3.63, 3.8) is 0 Å².